The van der Waals surface area contributed by atoms with Gasteiger partial charge >= 0.3 is 6.18 Å². The number of hydrogen-bond acceptors (Lipinski definition) is 2. The molecule has 1 amide bonds. The van der Waals surface area contributed by atoms with Crippen LogP contribution in [0.15, 0.2) is 48.5 Å². The van der Waals surface area contributed by atoms with Gasteiger partial charge < -0.3 is 10.2 Å². The number of benzene rings is 2. The van der Waals surface area contributed by atoms with Gasteiger partial charge in [-0.25, -0.2) is 0 Å². The minimum Gasteiger partial charge on any atom is -0.367 e. The fourth-order valence-electron chi connectivity index (χ4n) is 3.40. The molecular weight excluding hydrogens is 412 g/mol. The molecule has 1 heterocycles. The summed E-state index contributed by atoms with van der Waals surface area (Å²) in [6.45, 7) is 1.23. The van der Waals surface area contributed by atoms with Gasteiger partial charge in [0.05, 0.1) is 16.1 Å². The highest BCUT2D eigenvalue weighted by molar-refractivity contribution is 6.34. The number of carbonyl (C=O) groups excluding carboxylic acids is 1. The van der Waals surface area contributed by atoms with Crippen molar-refractivity contribution >= 4 is 35.6 Å². The van der Waals surface area contributed by atoms with Crippen LogP contribution in [-0.2, 0) is 6.18 Å². The third-order valence-electron chi connectivity index (χ3n) is 4.76. The molecule has 1 saturated heterocycles. The van der Waals surface area contributed by atoms with Crippen molar-refractivity contribution < 1.29 is 18.0 Å². The number of hydrogen-bond donors (Lipinski definition) is 1. The molecule has 3 rings (SSSR count). The van der Waals surface area contributed by atoms with Crippen LogP contribution in [0.2, 0.25) is 5.02 Å². The summed E-state index contributed by atoms with van der Waals surface area (Å²) in [7, 11) is 0. The van der Waals surface area contributed by atoms with E-state index in [-0.39, 0.29) is 24.0 Å². The Morgan fingerprint density at radius 1 is 1.11 bits per heavy atom. The molecule has 152 valence electrons. The van der Waals surface area contributed by atoms with Gasteiger partial charge in [0.1, 0.15) is 0 Å². The number of anilines is 1. The lowest BCUT2D eigenvalue weighted by Gasteiger charge is -2.37. The fraction of sp³-hybridized carbons (Fsp3) is 0.350. The normalized spacial score (nSPS) is 17.0. The predicted octanol–water partition coefficient (Wildman–Crippen LogP) is 5.57. The number of rotatable bonds is 4. The Balaban J connectivity index is 0.00000280. The molecule has 0 aliphatic carbocycles. The summed E-state index contributed by atoms with van der Waals surface area (Å²) in [5.41, 5.74) is -0.0810. The summed E-state index contributed by atoms with van der Waals surface area (Å²) in [5.74, 6) is -0.593. The lowest BCUT2D eigenvalue weighted by Crippen LogP contribution is -2.47. The molecule has 1 unspecified atom stereocenters. The molecule has 2 aromatic rings. The number of piperidine rings is 1. The van der Waals surface area contributed by atoms with Gasteiger partial charge in [0, 0.05) is 24.8 Å². The molecule has 0 aromatic heterocycles. The van der Waals surface area contributed by atoms with Crippen molar-refractivity contribution in [3.8, 4) is 0 Å². The first-order valence-corrected chi connectivity index (χ1v) is 9.21. The Bertz CT molecular complexity index is 800. The largest absolute Gasteiger partial charge is 0.417 e. The highest BCUT2D eigenvalue weighted by Gasteiger charge is 2.34. The Morgan fingerprint density at radius 3 is 2.50 bits per heavy atom. The second-order valence-corrected chi connectivity index (χ2v) is 6.93. The maximum Gasteiger partial charge on any atom is 0.417 e. The van der Waals surface area contributed by atoms with E-state index < -0.39 is 22.7 Å². The van der Waals surface area contributed by atoms with Crippen LogP contribution in [0.1, 0.15) is 35.2 Å². The number of para-hydroxylation sites is 1. The number of carbonyl (C=O) groups is 1. The van der Waals surface area contributed by atoms with Crippen LogP contribution in [0.4, 0.5) is 18.9 Å². The SMILES string of the molecule is Cl.O=C(NCC1CCCCN1c1ccccc1)c1cccc(C(F)(F)F)c1Cl. The van der Waals surface area contributed by atoms with Crippen LogP contribution < -0.4 is 10.2 Å². The topological polar surface area (TPSA) is 32.3 Å². The summed E-state index contributed by atoms with van der Waals surface area (Å²) in [6, 6.07) is 13.4. The van der Waals surface area contributed by atoms with Gasteiger partial charge in [0.2, 0.25) is 0 Å². The minimum absolute atomic E-state index is 0. The van der Waals surface area contributed by atoms with Crippen molar-refractivity contribution in [1.82, 2.24) is 5.32 Å². The van der Waals surface area contributed by atoms with E-state index in [9.17, 15) is 18.0 Å². The maximum atomic E-state index is 13.0. The van der Waals surface area contributed by atoms with Crippen molar-refractivity contribution in [1.29, 1.82) is 0 Å². The van der Waals surface area contributed by atoms with Crippen LogP contribution in [0, 0.1) is 0 Å². The minimum atomic E-state index is -4.60. The smallest absolute Gasteiger partial charge is 0.367 e. The van der Waals surface area contributed by atoms with E-state index in [1.54, 1.807) is 0 Å². The summed E-state index contributed by atoms with van der Waals surface area (Å²) < 4.78 is 39.0. The zero-order valence-corrected chi connectivity index (χ0v) is 16.6. The van der Waals surface area contributed by atoms with Gasteiger partial charge in [-0.15, -0.1) is 12.4 Å². The molecule has 1 aliphatic heterocycles. The number of nitrogens with one attached hydrogen (secondary N) is 1. The molecule has 1 atom stereocenters. The van der Waals surface area contributed by atoms with Gasteiger partial charge in [-0.1, -0.05) is 35.9 Å². The molecule has 2 aromatic carbocycles. The third-order valence-corrected chi connectivity index (χ3v) is 5.17. The Hall–Kier alpha value is -1.92. The fourth-order valence-corrected chi connectivity index (χ4v) is 3.72. The molecule has 1 N–H and O–H groups in total. The van der Waals surface area contributed by atoms with Crippen LogP contribution in [0.25, 0.3) is 0 Å². The summed E-state index contributed by atoms with van der Waals surface area (Å²) in [4.78, 5) is 14.7. The molecule has 8 heteroatoms. The van der Waals surface area contributed by atoms with Crippen LogP contribution in [0.3, 0.4) is 0 Å². The highest BCUT2D eigenvalue weighted by Crippen LogP contribution is 2.36. The summed E-state index contributed by atoms with van der Waals surface area (Å²) in [5, 5.41) is 2.19. The zero-order valence-electron chi connectivity index (χ0n) is 15.0. The van der Waals surface area contributed by atoms with Crippen molar-refractivity contribution in [2.45, 2.75) is 31.5 Å². The van der Waals surface area contributed by atoms with Gasteiger partial charge in [-0.2, -0.15) is 13.2 Å². The van der Waals surface area contributed by atoms with Crippen LogP contribution in [-0.4, -0.2) is 25.0 Å². The predicted molar refractivity (Wildman–Crippen MR) is 107 cm³/mol. The standard InChI is InChI=1S/C20H20ClF3N2O.ClH/c21-18-16(10-6-11-17(18)20(22,23)24)19(27)25-13-15-9-4-5-12-26(15)14-7-2-1-3-8-14;/h1-3,6-8,10-11,15H,4-5,9,12-13H2,(H,25,27);1H. The first-order valence-electron chi connectivity index (χ1n) is 8.83. The lowest BCUT2D eigenvalue weighted by atomic mass is 10.0. The molecule has 0 saturated carbocycles. The monoisotopic (exact) mass is 432 g/mol. The summed E-state index contributed by atoms with van der Waals surface area (Å²) in [6.07, 6.45) is -1.57. The molecule has 0 spiro atoms. The average Bonchev–Trinajstić information content (AvgIpc) is 2.66. The first-order chi connectivity index (χ1) is 12.9. The highest BCUT2D eigenvalue weighted by atomic mass is 35.5. The van der Waals surface area contributed by atoms with Gasteiger partial charge in [0.25, 0.3) is 5.91 Å². The second-order valence-electron chi connectivity index (χ2n) is 6.55. The van der Waals surface area contributed by atoms with Crippen LogP contribution >= 0.6 is 24.0 Å². The molecule has 1 aliphatic rings. The van der Waals surface area contributed by atoms with Gasteiger partial charge in [0.15, 0.2) is 0 Å². The lowest BCUT2D eigenvalue weighted by molar-refractivity contribution is -0.137. The number of halogens is 5. The Morgan fingerprint density at radius 2 is 1.82 bits per heavy atom. The Labute approximate surface area is 173 Å². The number of alkyl halides is 3. The molecule has 28 heavy (non-hydrogen) atoms. The molecule has 1 fully saturated rings. The van der Waals surface area contributed by atoms with Crippen molar-refractivity contribution in [3.63, 3.8) is 0 Å². The van der Waals surface area contributed by atoms with Crippen molar-refractivity contribution in [2.75, 3.05) is 18.0 Å². The summed E-state index contributed by atoms with van der Waals surface area (Å²) >= 11 is 5.84. The number of nitrogens with zero attached hydrogens (tertiary/aromatic N) is 1. The van der Waals surface area contributed by atoms with Crippen molar-refractivity contribution in [3.05, 3.63) is 64.7 Å². The third kappa shape index (κ3) is 5.11. The molecule has 0 bridgehead atoms. The second kappa shape index (κ2) is 9.52. The number of amides is 1. The van der Waals surface area contributed by atoms with E-state index >= 15 is 0 Å². The molecular formula is C20H21Cl2F3N2O. The van der Waals surface area contributed by atoms with E-state index in [0.29, 0.717) is 6.54 Å². The van der Waals surface area contributed by atoms with Gasteiger partial charge in [-0.3, -0.25) is 4.79 Å². The van der Waals surface area contributed by atoms with Gasteiger partial charge in [-0.05, 0) is 43.5 Å². The molecule has 3 nitrogen and oxygen atoms in total. The van der Waals surface area contributed by atoms with E-state index in [1.807, 2.05) is 30.3 Å². The average molecular weight is 433 g/mol. The Kier molecular flexibility index (Phi) is 7.61. The first kappa shape index (κ1) is 22.4. The quantitative estimate of drug-likeness (QED) is 0.684. The molecule has 0 radical (unpaired) electrons. The van der Waals surface area contributed by atoms with E-state index in [4.69, 9.17) is 11.6 Å². The van der Waals surface area contributed by atoms with E-state index in [0.717, 1.165) is 37.6 Å². The maximum absolute atomic E-state index is 13.0. The zero-order chi connectivity index (χ0) is 19.4. The van der Waals surface area contributed by atoms with E-state index in [1.165, 1.54) is 12.1 Å². The van der Waals surface area contributed by atoms with Crippen LogP contribution in [0.5, 0.6) is 0 Å². The van der Waals surface area contributed by atoms with E-state index in [2.05, 4.69) is 10.2 Å². The van der Waals surface area contributed by atoms with Crippen molar-refractivity contribution in [2.24, 2.45) is 0 Å².